The second-order valence-electron chi connectivity index (χ2n) is 7.97. The molecule has 0 amide bonds. The van der Waals surface area contributed by atoms with E-state index in [4.69, 9.17) is 6.42 Å². The molecule has 0 aromatic rings. The van der Waals surface area contributed by atoms with Crippen LogP contribution in [0.4, 0.5) is 0 Å². The molecule has 0 heterocycles. The van der Waals surface area contributed by atoms with Gasteiger partial charge in [0.05, 0.1) is 0 Å². The lowest BCUT2D eigenvalue weighted by Gasteiger charge is -2.50. The Labute approximate surface area is 139 Å². The largest absolute Gasteiger partial charge is 0.377 e. The Balaban J connectivity index is 1.76. The lowest BCUT2D eigenvalue weighted by molar-refractivity contribution is -0.118. The molecule has 4 atom stereocenters. The fourth-order valence-electron chi connectivity index (χ4n) is 6.17. The molecule has 0 aromatic heterocycles. The molecule has 2 heteroatoms. The summed E-state index contributed by atoms with van der Waals surface area (Å²) in [5.74, 6) is 4.21. The third-order valence-corrected chi connectivity index (χ3v) is 7.39. The molecule has 1 fully saturated rings. The third kappa shape index (κ3) is 1.89. The number of hydrogen-bond acceptors (Lipinski definition) is 2. The Bertz CT molecular complexity index is 662. The second-order valence-corrected chi connectivity index (χ2v) is 7.97. The van der Waals surface area contributed by atoms with E-state index >= 15 is 0 Å². The molecule has 0 aromatic carbocycles. The van der Waals surface area contributed by atoms with Gasteiger partial charge in [-0.3, -0.25) is 4.79 Å². The molecule has 4 aliphatic carbocycles. The molecule has 1 saturated carbocycles. The number of rotatable bonds is 1. The number of carbonyl (C=O) groups is 1. The highest BCUT2D eigenvalue weighted by Gasteiger charge is 2.61. The van der Waals surface area contributed by atoms with E-state index < -0.39 is 5.60 Å². The van der Waals surface area contributed by atoms with E-state index in [0.29, 0.717) is 30.5 Å². The number of allylic oxidation sites excluding steroid dienone is 4. The summed E-state index contributed by atoms with van der Waals surface area (Å²) in [5, 5.41) is 11.1. The van der Waals surface area contributed by atoms with Crippen LogP contribution in [0.1, 0.15) is 64.7 Å². The highest BCUT2D eigenvalue weighted by molar-refractivity contribution is 5.83. The molecule has 0 bridgehead atoms. The van der Waals surface area contributed by atoms with Crippen LogP contribution in [0.25, 0.3) is 0 Å². The first-order valence-corrected chi connectivity index (χ1v) is 9.18. The fraction of sp³-hybridized carbons (Fsp3) is 0.667. The first-order valence-electron chi connectivity index (χ1n) is 9.18. The van der Waals surface area contributed by atoms with Gasteiger partial charge in [0.1, 0.15) is 11.4 Å². The van der Waals surface area contributed by atoms with E-state index in [1.54, 1.807) is 0 Å². The summed E-state index contributed by atoms with van der Waals surface area (Å²) in [6.45, 7) is 2.19. The molecule has 2 nitrogen and oxygen atoms in total. The minimum atomic E-state index is -0.939. The summed E-state index contributed by atoms with van der Waals surface area (Å²) in [5.41, 5.74) is 3.32. The predicted octanol–water partition coefficient (Wildman–Crippen LogP) is 3.95. The van der Waals surface area contributed by atoms with Crippen LogP contribution in [-0.4, -0.2) is 16.5 Å². The first kappa shape index (κ1) is 15.2. The quantitative estimate of drug-likeness (QED) is 0.745. The molecular formula is C21H26O2. The summed E-state index contributed by atoms with van der Waals surface area (Å²) in [6, 6.07) is 0. The van der Waals surface area contributed by atoms with Crippen molar-refractivity contribution in [2.75, 3.05) is 0 Å². The van der Waals surface area contributed by atoms with E-state index in [9.17, 15) is 9.90 Å². The number of terminal acetylenes is 1. The van der Waals surface area contributed by atoms with Gasteiger partial charge < -0.3 is 5.11 Å². The van der Waals surface area contributed by atoms with Gasteiger partial charge in [-0.05, 0) is 67.9 Å². The predicted molar refractivity (Wildman–Crippen MR) is 90.5 cm³/mol. The Hall–Kier alpha value is -1.33. The molecule has 0 aliphatic heterocycles. The van der Waals surface area contributed by atoms with Gasteiger partial charge in [0.2, 0.25) is 0 Å². The van der Waals surface area contributed by atoms with Crippen molar-refractivity contribution in [2.24, 2.45) is 17.3 Å². The summed E-state index contributed by atoms with van der Waals surface area (Å²) < 4.78 is 0. The highest BCUT2D eigenvalue weighted by Crippen LogP contribution is 2.63. The topological polar surface area (TPSA) is 37.3 Å². The van der Waals surface area contributed by atoms with Crippen molar-refractivity contribution in [1.29, 1.82) is 0 Å². The summed E-state index contributed by atoms with van der Waals surface area (Å²) in [4.78, 5) is 11.8. The highest BCUT2D eigenvalue weighted by atomic mass is 16.3. The maximum Gasteiger partial charge on any atom is 0.137 e. The molecular weight excluding hydrogens is 284 g/mol. The zero-order chi connectivity index (χ0) is 16.2. The molecule has 0 radical (unpaired) electrons. The maximum atomic E-state index is 11.8. The lowest BCUT2D eigenvalue weighted by atomic mass is 9.54. The molecule has 23 heavy (non-hydrogen) atoms. The van der Waals surface area contributed by atoms with Crippen molar-refractivity contribution in [1.82, 2.24) is 0 Å². The number of aliphatic hydroxyl groups is 1. The standard InChI is InChI=1S/C21H26O2/c1-3-20-11-9-17-16-8-6-15(22)13-14(16)5-7-18(17)19(20)10-12-21(20,23)4-2/h2,9,18-19,23H,3,5-8,10-13H2,1H3/t18-,19+,20+,21+/m1/s1. The van der Waals surface area contributed by atoms with Crippen molar-refractivity contribution in [3.8, 4) is 12.3 Å². The Kier molecular flexibility index (Phi) is 3.36. The number of ketones is 1. The van der Waals surface area contributed by atoms with Crippen LogP contribution in [0.3, 0.4) is 0 Å². The van der Waals surface area contributed by atoms with Gasteiger partial charge in [0.15, 0.2) is 0 Å². The van der Waals surface area contributed by atoms with Crippen molar-refractivity contribution in [3.63, 3.8) is 0 Å². The van der Waals surface area contributed by atoms with E-state index in [2.05, 4.69) is 18.9 Å². The van der Waals surface area contributed by atoms with Crippen LogP contribution in [0, 0.1) is 29.6 Å². The summed E-state index contributed by atoms with van der Waals surface area (Å²) in [6.07, 6.45) is 16.3. The van der Waals surface area contributed by atoms with Crippen LogP contribution in [0.15, 0.2) is 22.8 Å². The van der Waals surface area contributed by atoms with E-state index in [1.807, 2.05) is 0 Å². The van der Waals surface area contributed by atoms with Crippen molar-refractivity contribution in [2.45, 2.75) is 70.3 Å². The van der Waals surface area contributed by atoms with Crippen LogP contribution in [0.5, 0.6) is 0 Å². The van der Waals surface area contributed by atoms with Crippen LogP contribution >= 0.6 is 0 Å². The smallest absolute Gasteiger partial charge is 0.137 e. The fourth-order valence-corrected chi connectivity index (χ4v) is 6.17. The maximum absolute atomic E-state index is 11.8. The van der Waals surface area contributed by atoms with Gasteiger partial charge >= 0.3 is 0 Å². The Morgan fingerprint density at radius 2 is 2.17 bits per heavy atom. The Morgan fingerprint density at radius 3 is 2.91 bits per heavy atom. The molecule has 1 N–H and O–H groups in total. The molecule has 0 saturated heterocycles. The molecule has 122 valence electrons. The zero-order valence-electron chi connectivity index (χ0n) is 14.0. The number of carbonyl (C=O) groups excluding carboxylic acids is 1. The monoisotopic (exact) mass is 310 g/mol. The van der Waals surface area contributed by atoms with Crippen molar-refractivity contribution in [3.05, 3.63) is 22.8 Å². The summed E-state index contributed by atoms with van der Waals surface area (Å²) in [7, 11) is 0. The van der Waals surface area contributed by atoms with Crippen LogP contribution in [0.2, 0.25) is 0 Å². The number of fused-ring (bicyclic) bond motifs is 4. The van der Waals surface area contributed by atoms with Gasteiger partial charge in [-0.25, -0.2) is 0 Å². The minimum Gasteiger partial charge on any atom is -0.377 e. The molecule has 0 unspecified atom stereocenters. The normalized spacial score (nSPS) is 42.5. The minimum absolute atomic E-state index is 0.140. The summed E-state index contributed by atoms with van der Waals surface area (Å²) >= 11 is 0. The van der Waals surface area contributed by atoms with Gasteiger partial charge in [0.25, 0.3) is 0 Å². The van der Waals surface area contributed by atoms with Gasteiger partial charge in [-0.15, -0.1) is 6.42 Å². The first-order chi connectivity index (χ1) is 11.0. The average molecular weight is 310 g/mol. The molecule has 4 rings (SSSR count). The molecule has 4 aliphatic rings. The van der Waals surface area contributed by atoms with E-state index in [0.717, 1.165) is 44.9 Å². The molecule has 0 spiro atoms. The number of Topliss-reactive ketones (excluding diaryl/α,β-unsaturated/α-hetero) is 1. The van der Waals surface area contributed by atoms with Crippen LogP contribution in [-0.2, 0) is 4.79 Å². The Morgan fingerprint density at radius 1 is 1.35 bits per heavy atom. The van der Waals surface area contributed by atoms with Gasteiger partial charge in [0, 0.05) is 18.3 Å². The zero-order valence-corrected chi connectivity index (χ0v) is 14.0. The average Bonchev–Trinajstić information content (AvgIpc) is 2.88. The van der Waals surface area contributed by atoms with Gasteiger partial charge in [-0.2, -0.15) is 0 Å². The third-order valence-electron chi connectivity index (χ3n) is 7.39. The SMILES string of the molecule is C#C[C@]1(O)CC[C@H]2[C@@H]3CCC4=C(CCC(=O)C4)C3=CC[C@@]21CC. The van der Waals surface area contributed by atoms with E-state index in [-0.39, 0.29) is 5.41 Å². The second kappa shape index (κ2) is 5.08. The van der Waals surface area contributed by atoms with Gasteiger partial charge in [-0.1, -0.05) is 24.5 Å². The van der Waals surface area contributed by atoms with Crippen molar-refractivity contribution < 1.29 is 9.90 Å². The lowest BCUT2D eigenvalue weighted by Crippen LogP contribution is -2.49. The number of hydrogen-bond donors (Lipinski definition) is 1. The van der Waals surface area contributed by atoms with Crippen molar-refractivity contribution >= 4 is 5.78 Å². The van der Waals surface area contributed by atoms with Crippen LogP contribution < -0.4 is 0 Å². The van der Waals surface area contributed by atoms with E-state index in [1.165, 1.54) is 16.7 Å².